The van der Waals surface area contributed by atoms with Gasteiger partial charge in [0.15, 0.2) is 0 Å². The van der Waals surface area contributed by atoms with E-state index in [0.29, 0.717) is 5.92 Å². The topological polar surface area (TPSA) is 6.48 Å². The summed E-state index contributed by atoms with van der Waals surface area (Å²) in [4.78, 5) is 5.37. The highest BCUT2D eigenvalue weighted by atomic mass is 15.2. The molecule has 0 amide bonds. The second-order valence-electron chi connectivity index (χ2n) is 26.8. The molecular weight excluding hydrogens is 856 g/mol. The van der Waals surface area contributed by atoms with Crippen molar-refractivity contribution in [2.75, 3.05) is 9.80 Å². The Morgan fingerprint density at radius 3 is 1.58 bits per heavy atom. The fraction of sp³-hybridized carbons (Fsp3) is 0.382. The van der Waals surface area contributed by atoms with Crippen LogP contribution in [0, 0.1) is 0 Å². The highest BCUT2D eigenvalue weighted by Crippen LogP contribution is 2.53. The SMILES string of the molecule is CC(C)c1cc2c3c(c1)N(c1ccc(C(C)(C)C)cc1-c1ccc(C(C)(C)C)cc1)c1cc4c(cc1B3c1ccc(C(C)(C)c3ccccc3)cc1N2c1cccc(C(C)(C)C)c1)C(C)(C)CCC4(C)C. The van der Waals surface area contributed by atoms with Crippen LogP contribution < -0.4 is 26.2 Å². The zero-order valence-corrected chi connectivity index (χ0v) is 46.2. The van der Waals surface area contributed by atoms with Gasteiger partial charge in [0.1, 0.15) is 0 Å². The van der Waals surface area contributed by atoms with Crippen LogP contribution in [0.15, 0.2) is 140 Å². The van der Waals surface area contributed by atoms with Crippen LogP contribution in [0.4, 0.5) is 34.1 Å². The average molecular weight is 935 g/mol. The molecule has 0 saturated carbocycles. The van der Waals surface area contributed by atoms with Crippen molar-refractivity contribution in [1.82, 2.24) is 0 Å². The molecule has 0 spiro atoms. The molecule has 0 radical (unpaired) electrons. The van der Waals surface area contributed by atoms with Gasteiger partial charge < -0.3 is 9.80 Å². The Kier molecular flexibility index (Phi) is 11.4. The molecule has 7 aromatic carbocycles. The summed E-state index contributed by atoms with van der Waals surface area (Å²) >= 11 is 0. The van der Waals surface area contributed by atoms with E-state index in [-0.39, 0.29) is 39.2 Å². The monoisotopic (exact) mass is 935 g/mol. The molecule has 0 atom stereocenters. The largest absolute Gasteiger partial charge is 0.311 e. The third kappa shape index (κ3) is 8.28. The Balaban J connectivity index is 1.35. The molecule has 0 saturated heterocycles. The summed E-state index contributed by atoms with van der Waals surface area (Å²) in [6.45, 7) is 40.5. The van der Waals surface area contributed by atoms with Crippen molar-refractivity contribution in [3.05, 3.63) is 184 Å². The van der Waals surface area contributed by atoms with Crippen LogP contribution in [0.25, 0.3) is 11.1 Å². The molecule has 0 N–H and O–H groups in total. The van der Waals surface area contributed by atoms with Crippen molar-refractivity contribution in [1.29, 1.82) is 0 Å². The van der Waals surface area contributed by atoms with Gasteiger partial charge in [0.25, 0.3) is 6.71 Å². The third-order valence-electron chi connectivity index (χ3n) is 17.1. The molecule has 2 heterocycles. The maximum Gasteiger partial charge on any atom is 0.252 e. The molecule has 0 fully saturated rings. The van der Waals surface area contributed by atoms with Crippen LogP contribution in [-0.4, -0.2) is 6.71 Å². The second-order valence-corrected chi connectivity index (χ2v) is 26.8. The summed E-state index contributed by atoms with van der Waals surface area (Å²) < 4.78 is 0. The van der Waals surface area contributed by atoms with Gasteiger partial charge in [-0.25, -0.2) is 0 Å². The van der Waals surface area contributed by atoms with Crippen LogP contribution in [0.2, 0.25) is 0 Å². The van der Waals surface area contributed by atoms with E-state index in [2.05, 4.69) is 267 Å². The first-order chi connectivity index (χ1) is 33.2. The molecule has 3 aliphatic rings. The molecule has 0 bridgehead atoms. The summed E-state index contributed by atoms with van der Waals surface area (Å²) in [6.07, 6.45) is 2.32. The lowest BCUT2D eigenvalue weighted by atomic mass is 9.33. The Morgan fingerprint density at radius 1 is 0.437 bits per heavy atom. The minimum absolute atomic E-state index is 0.00732. The summed E-state index contributed by atoms with van der Waals surface area (Å²) in [5.41, 5.74) is 25.0. The smallest absolute Gasteiger partial charge is 0.252 e. The molecule has 0 unspecified atom stereocenters. The van der Waals surface area contributed by atoms with Gasteiger partial charge in [-0.2, -0.15) is 0 Å². The van der Waals surface area contributed by atoms with E-state index in [9.17, 15) is 0 Å². The quantitative estimate of drug-likeness (QED) is 0.153. The number of hydrogen-bond acceptors (Lipinski definition) is 2. The molecule has 3 heteroatoms. The number of anilines is 6. The minimum atomic E-state index is -0.225. The van der Waals surface area contributed by atoms with E-state index in [1.165, 1.54) is 106 Å². The zero-order chi connectivity index (χ0) is 51.0. The fourth-order valence-electron chi connectivity index (χ4n) is 12.0. The van der Waals surface area contributed by atoms with Gasteiger partial charge in [0.2, 0.25) is 0 Å². The van der Waals surface area contributed by atoms with E-state index in [4.69, 9.17) is 0 Å². The molecule has 1 aliphatic carbocycles. The molecule has 2 nitrogen and oxygen atoms in total. The lowest BCUT2D eigenvalue weighted by Crippen LogP contribution is -2.62. The number of hydrogen-bond donors (Lipinski definition) is 0. The Labute approximate surface area is 429 Å². The maximum absolute atomic E-state index is 2.72. The first-order valence-electron chi connectivity index (χ1n) is 26.7. The molecular formula is C68H79BN2. The van der Waals surface area contributed by atoms with Crippen LogP contribution in [-0.2, 0) is 32.5 Å². The standard InChI is InChI=1S/C68H79BN2/c1-43(2)45-36-60-62-61(37-45)71(57-33-31-49(65(9,10)11)39-52(57)44-26-28-46(29-27-44)63(3,4)5)59-42-54-53(66(12,13)34-35-67(54,14)15)41-56(59)69(62)55-32-30-50(68(16,17)47-22-19-18-20-23-47)40-58(55)70(60)51-25-21-24-48(38-51)64(6,7)8/h18-33,36-43H,34-35H2,1-17H3. The van der Waals surface area contributed by atoms with Crippen molar-refractivity contribution in [2.45, 2.75) is 169 Å². The lowest BCUT2D eigenvalue weighted by molar-refractivity contribution is 0.332. The fourth-order valence-corrected chi connectivity index (χ4v) is 12.0. The third-order valence-corrected chi connectivity index (χ3v) is 17.1. The van der Waals surface area contributed by atoms with Crippen molar-refractivity contribution in [3.63, 3.8) is 0 Å². The van der Waals surface area contributed by atoms with E-state index >= 15 is 0 Å². The molecule has 7 aromatic rings. The lowest BCUT2D eigenvalue weighted by Gasteiger charge is -2.48. The van der Waals surface area contributed by atoms with Crippen LogP contribution in [0.1, 0.15) is 181 Å². The Bertz CT molecular complexity index is 3200. The number of benzene rings is 7. The van der Waals surface area contributed by atoms with Gasteiger partial charge in [-0.15, -0.1) is 0 Å². The molecule has 0 aromatic heterocycles. The van der Waals surface area contributed by atoms with Crippen LogP contribution in [0.5, 0.6) is 0 Å². The number of fused-ring (bicyclic) bond motifs is 5. The predicted octanol–water partition coefficient (Wildman–Crippen LogP) is 17.1. The predicted molar refractivity (Wildman–Crippen MR) is 310 cm³/mol. The van der Waals surface area contributed by atoms with E-state index in [1.54, 1.807) is 0 Å². The summed E-state index contributed by atoms with van der Waals surface area (Å²) in [6, 6.07) is 55.3. The molecule has 71 heavy (non-hydrogen) atoms. The van der Waals surface area contributed by atoms with Crippen molar-refractivity contribution in [3.8, 4) is 11.1 Å². The average Bonchev–Trinajstić information content (AvgIpc) is 3.31. The summed E-state index contributed by atoms with van der Waals surface area (Å²) in [5.74, 6) is 0.293. The maximum atomic E-state index is 2.72. The Hall–Kier alpha value is -5.80. The molecule has 364 valence electrons. The van der Waals surface area contributed by atoms with E-state index < -0.39 is 0 Å². The highest BCUT2D eigenvalue weighted by molar-refractivity contribution is 7.00. The van der Waals surface area contributed by atoms with Gasteiger partial charge in [-0.3, -0.25) is 0 Å². The number of nitrogens with zero attached hydrogens (tertiary/aromatic N) is 2. The van der Waals surface area contributed by atoms with Crippen molar-refractivity contribution in [2.24, 2.45) is 0 Å². The van der Waals surface area contributed by atoms with Crippen LogP contribution >= 0.6 is 0 Å². The van der Waals surface area contributed by atoms with Gasteiger partial charge in [-0.1, -0.05) is 209 Å². The van der Waals surface area contributed by atoms with Crippen molar-refractivity contribution >= 4 is 57.2 Å². The van der Waals surface area contributed by atoms with E-state index in [0.717, 1.165) is 12.8 Å². The van der Waals surface area contributed by atoms with Gasteiger partial charge >= 0.3 is 0 Å². The summed E-state index contributed by atoms with van der Waals surface area (Å²) in [5, 5.41) is 0. The first kappa shape index (κ1) is 48.8. The van der Waals surface area contributed by atoms with Crippen molar-refractivity contribution < 1.29 is 0 Å². The number of rotatable bonds is 6. The van der Waals surface area contributed by atoms with Crippen LogP contribution in [0.3, 0.4) is 0 Å². The van der Waals surface area contributed by atoms with Gasteiger partial charge in [-0.05, 0) is 161 Å². The highest BCUT2D eigenvalue weighted by Gasteiger charge is 2.47. The minimum Gasteiger partial charge on any atom is -0.311 e. The Morgan fingerprint density at radius 2 is 0.972 bits per heavy atom. The summed E-state index contributed by atoms with van der Waals surface area (Å²) in [7, 11) is 0. The molecule has 10 rings (SSSR count). The zero-order valence-electron chi connectivity index (χ0n) is 46.2. The normalized spacial score (nSPS) is 16.1. The van der Waals surface area contributed by atoms with Gasteiger partial charge in [0.05, 0.1) is 5.69 Å². The second kappa shape index (κ2) is 16.6. The first-order valence-corrected chi connectivity index (χ1v) is 26.7. The van der Waals surface area contributed by atoms with Gasteiger partial charge in [0, 0.05) is 39.4 Å². The molecule has 2 aliphatic heterocycles. The van der Waals surface area contributed by atoms with E-state index in [1.807, 2.05) is 0 Å².